The maximum Gasteiger partial charge on any atom is 0.242 e. The molecule has 7 heteroatoms. The lowest BCUT2D eigenvalue weighted by molar-refractivity contribution is -0.140. The Hall–Kier alpha value is -2.24. The molecule has 31 heavy (non-hydrogen) atoms. The summed E-state index contributed by atoms with van der Waals surface area (Å²) in [6, 6.07) is 12.2. The van der Waals surface area contributed by atoms with Crippen LogP contribution in [0.3, 0.4) is 0 Å². The Kier molecular flexibility index (Phi) is 8.22. The van der Waals surface area contributed by atoms with Crippen LogP contribution < -0.4 is 10.1 Å². The van der Waals surface area contributed by atoms with Crippen LogP contribution in [0.2, 0.25) is 10.0 Å². The van der Waals surface area contributed by atoms with E-state index in [2.05, 4.69) is 5.32 Å². The van der Waals surface area contributed by atoms with E-state index in [0.717, 1.165) is 36.8 Å². The van der Waals surface area contributed by atoms with Gasteiger partial charge in [0.15, 0.2) is 0 Å². The van der Waals surface area contributed by atoms with E-state index in [4.69, 9.17) is 27.9 Å². The van der Waals surface area contributed by atoms with Crippen molar-refractivity contribution in [2.75, 3.05) is 7.11 Å². The standard InChI is InChI=1S/C24H28Cl2N2O3/c1-16(24(30)27-19-7-3-4-8-19)28(15-18-6-5-9-20(12-18)31-2)23(29)14-17-10-11-21(25)22(26)13-17/h5-6,9-13,16,19H,3-4,7-8,14-15H2,1-2H3,(H,27,30)/t16-/m0/s1. The van der Waals surface area contributed by atoms with Crippen LogP contribution in [0.25, 0.3) is 0 Å². The molecule has 1 saturated carbocycles. The van der Waals surface area contributed by atoms with Crippen molar-refractivity contribution in [1.29, 1.82) is 0 Å². The summed E-state index contributed by atoms with van der Waals surface area (Å²) in [5.74, 6) is 0.421. The highest BCUT2D eigenvalue weighted by Crippen LogP contribution is 2.24. The third-order valence-electron chi connectivity index (χ3n) is 5.70. The molecule has 5 nitrogen and oxygen atoms in total. The molecule has 1 aliphatic rings. The average Bonchev–Trinajstić information content (AvgIpc) is 3.27. The summed E-state index contributed by atoms with van der Waals surface area (Å²) >= 11 is 12.1. The first-order valence-corrected chi connectivity index (χ1v) is 11.3. The molecular formula is C24H28Cl2N2O3. The Labute approximate surface area is 193 Å². The average molecular weight is 463 g/mol. The topological polar surface area (TPSA) is 58.6 Å². The van der Waals surface area contributed by atoms with Gasteiger partial charge in [-0.25, -0.2) is 0 Å². The largest absolute Gasteiger partial charge is 0.497 e. The van der Waals surface area contributed by atoms with E-state index in [1.54, 1.807) is 37.1 Å². The summed E-state index contributed by atoms with van der Waals surface area (Å²) in [6.45, 7) is 2.08. The van der Waals surface area contributed by atoms with Crippen molar-refractivity contribution in [3.63, 3.8) is 0 Å². The molecule has 1 atom stereocenters. The normalized spacial score (nSPS) is 14.8. The van der Waals surface area contributed by atoms with Crippen molar-refractivity contribution in [3.8, 4) is 5.75 Å². The van der Waals surface area contributed by atoms with E-state index in [1.807, 2.05) is 24.3 Å². The molecule has 1 N–H and O–H groups in total. The van der Waals surface area contributed by atoms with Gasteiger partial charge >= 0.3 is 0 Å². The Bertz CT molecular complexity index is 929. The fourth-order valence-electron chi connectivity index (χ4n) is 3.87. The Morgan fingerprint density at radius 1 is 1.10 bits per heavy atom. The molecule has 2 aromatic rings. The molecule has 0 bridgehead atoms. The number of ether oxygens (including phenoxy) is 1. The number of hydrogen-bond acceptors (Lipinski definition) is 3. The summed E-state index contributed by atoms with van der Waals surface area (Å²) in [5.41, 5.74) is 1.64. The Morgan fingerprint density at radius 2 is 1.84 bits per heavy atom. The second kappa shape index (κ2) is 10.9. The zero-order valence-corrected chi connectivity index (χ0v) is 19.4. The lowest BCUT2D eigenvalue weighted by Gasteiger charge is -2.30. The number of rotatable bonds is 8. The number of halogens is 2. The Morgan fingerprint density at radius 3 is 2.52 bits per heavy atom. The van der Waals surface area contributed by atoms with Crippen LogP contribution in [-0.2, 0) is 22.6 Å². The number of hydrogen-bond donors (Lipinski definition) is 1. The molecule has 0 aromatic heterocycles. The molecule has 0 saturated heterocycles. The van der Waals surface area contributed by atoms with Gasteiger partial charge in [0.25, 0.3) is 0 Å². The summed E-state index contributed by atoms with van der Waals surface area (Å²) in [6.07, 6.45) is 4.37. The number of carbonyl (C=O) groups excluding carboxylic acids is 2. The molecule has 3 rings (SSSR count). The van der Waals surface area contributed by atoms with Crippen molar-refractivity contribution in [1.82, 2.24) is 10.2 Å². The van der Waals surface area contributed by atoms with E-state index in [9.17, 15) is 9.59 Å². The number of carbonyl (C=O) groups is 2. The molecule has 0 radical (unpaired) electrons. The molecule has 1 fully saturated rings. The van der Waals surface area contributed by atoms with Gasteiger partial charge in [-0.05, 0) is 55.2 Å². The van der Waals surface area contributed by atoms with Crippen molar-refractivity contribution in [3.05, 3.63) is 63.6 Å². The summed E-state index contributed by atoms with van der Waals surface area (Å²) in [7, 11) is 1.60. The van der Waals surface area contributed by atoms with Crippen LogP contribution in [0.4, 0.5) is 0 Å². The van der Waals surface area contributed by atoms with Gasteiger partial charge in [0.1, 0.15) is 11.8 Å². The van der Waals surface area contributed by atoms with Crippen LogP contribution in [-0.4, -0.2) is 35.9 Å². The minimum atomic E-state index is -0.609. The number of amides is 2. The zero-order chi connectivity index (χ0) is 22.4. The molecule has 0 heterocycles. The number of methoxy groups -OCH3 is 1. The predicted octanol–water partition coefficient (Wildman–Crippen LogP) is 5.02. The molecule has 2 aromatic carbocycles. The van der Waals surface area contributed by atoms with Gasteiger partial charge in [0, 0.05) is 12.6 Å². The molecule has 2 amide bonds. The summed E-state index contributed by atoms with van der Waals surface area (Å²) in [4.78, 5) is 27.8. The van der Waals surface area contributed by atoms with E-state index >= 15 is 0 Å². The number of nitrogens with one attached hydrogen (secondary N) is 1. The van der Waals surface area contributed by atoms with Crippen molar-refractivity contribution >= 4 is 35.0 Å². The van der Waals surface area contributed by atoms with Crippen LogP contribution in [0.5, 0.6) is 5.75 Å². The molecular weight excluding hydrogens is 435 g/mol. The van der Waals surface area contributed by atoms with Gasteiger partial charge in [-0.3, -0.25) is 9.59 Å². The monoisotopic (exact) mass is 462 g/mol. The van der Waals surface area contributed by atoms with Crippen LogP contribution >= 0.6 is 23.2 Å². The maximum absolute atomic E-state index is 13.3. The van der Waals surface area contributed by atoms with Gasteiger partial charge in [-0.15, -0.1) is 0 Å². The van der Waals surface area contributed by atoms with Crippen LogP contribution in [0.15, 0.2) is 42.5 Å². The van der Waals surface area contributed by atoms with E-state index in [0.29, 0.717) is 22.3 Å². The van der Waals surface area contributed by atoms with Gasteiger partial charge in [0.05, 0.1) is 23.6 Å². The Balaban J connectivity index is 1.79. The third kappa shape index (κ3) is 6.37. The van der Waals surface area contributed by atoms with Crippen LogP contribution in [0.1, 0.15) is 43.7 Å². The number of benzene rings is 2. The quantitative estimate of drug-likeness (QED) is 0.598. The fourth-order valence-corrected chi connectivity index (χ4v) is 4.19. The minimum Gasteiger partial charge on any atom is -0.497 e. The first-order chi connectivity index (χ1) is 14.9. The highest BCUT2D eigenvalue weighted by atomic mass is 35.5. The lowest BCUT2D eigenvalue weighted by Crippen LogP contribution is -2.50. The molecule has 0 spiro atoms. The molecule has 166 valence electrons. The second-order valence-electron chi connectivity index (χ2n) is 7.96. The van der Waals surface area contributed by atoms with Gasteiger partial charge in [-0.1, -0.05) is 54.2 Å². The first-order valence-electron chi connectivity index (χ1n) is 10.5. The van der Waals surface area contributed by atoms with Gasteiger partial charge in [-0.2, -0.15) is 0 Å². The smallest absolute Gasteiger partial charge is 0.242 e. The molecule has 0 unspecified atom stereocenters. The first kappa shape index (κ1) is 23.4. The molecule has 0 aliphatic heterocycles. The second-order valence-corrected chi connectivity index (χ2v) is 8.78. The van der Waals surface area contributed by atoms with E-state index in [-0.39, 0.29) is 24.3 Å². The minimum absolute atomic E-state index is 0.127. The van der Waals surface area contributed by atoms with Crippen LogP contribution in [0, 0.1) is 0 Å². The van der Waals surface area contributed by atoms with Crippen molar-refractivity contribution in [2.45, 2.75) is 57.7 Å². The SMILES string of the molecule is COc1cccc(CN(C(=O)Cc2ccc(Cl)c(Cl)c2)[C@@H](C)C(=O)NC2CCCC2)c1. The summed E-state index contributed by atoms with van der Waals surface area (Å²) < 4.78 is 5.30. The van der Waals surface area contributed by atoms with Gasteiger partial charge < -0.3 is 15.0 Å². The fraction of sp³-hybridized carbons (Fsp3) is 0.417. The zero-order valence-electron chi connectivity index (χ0n) is 17.9. The highest BCUT2D eigenvalue weighted by molar-refractivity contribution is 6.42. The number of nitrogens with zero attached hydrogens (tertiary/aromatic N) is 1. The van der Waals surface area contributed by atoms with E-state index in [1.165, 1.54) is 0 Å². The van der Waals surface area contributed by atoms with Gasteiger partial charge in [0.2, 0.25) is 11.8 Å². The maximum atomic E-state index is 13.3. The predicted molar refractivity (Wildman–Crippen MR) is 124 cm³/mol. The highest BCUT2D eigenvalue weighted by Gasteiger charge is 2.28. The third-order valence-corrected chi connectivity index (χ3v) is 6.43. The van der Waals surface area contributed by atoms with Crippen molar-refractivity contribution in [2.24, 2.45) is 0 Å². The summed E-state index contributed by atoms with van der Waals surface area (Å²) in [5, 5.41) is 3.95. The molecule has 1 aliphatic carbocycles. The van der Waals surface area contributed by atoms with E-state index < -0.39 is 6.04 Å². The van der Waals surface area contributed by atoms with Crippen molar-refractivity contribution < 1.29 is 14.3 Å². The lowest BCUT2D eigenvalue weighted by atomic mass is 10.1.